The van der Waals surface area contributed by atoms with Gasteiger partial charge in [-0.15, -0.1) is 0 Å². The number of hydrogen-bond donors (Lipinski definition) is 0. The number of carbonyl (C=O) groups excluding carboxylic acids is 2. The molecule has 2 saturated heterocycles. The third-order valence-electron chi connectivity index (χ3n) is 6.01. The second kappa shape index (κ2) is 7.47. The van der Waals surface area contributed by atoms with Crippen molar-refractivity contribution < 1.29 is 9.59 Å². The van der Waals surface area contributed by atoms with Crippen LogP contribution in [0.2, 0.25) is 0 Å². The number of likely N-dealkylation sites (tertiary alicyclic amines) is 1. The van der Waals surface area contributed by atoms with Crippen LogP contribution in [0.25, 0.3) is 0 Å². The van der Waals surface area contributed by atoms with Crippen LogP contribution in [0.4, 0.5) is 5.69 Å². The first-order valence-electron chi connectivity index (χ1n) is 9.77. The molecule has 0 N–H and O–H groups in total. The maximum atomic E-state index is 12.3. The molecule has 1 aromatic rings. The van der Waals surface area contributed by atoms with Gasteiger partial charge in [-0.1, -0.05) is 18.6 Å². The number of para-hydroxylation sites is 1. The molecule has 6 heteroatoms. The monoisotopic (exact) mass is 356 g/mol. The van der Waals surface area contributed by atoms with Crippen LogP contribution in [-0.2, 0) is 4.79 Å². The van der Waals surface area contributed by atoms with E-state index in [0.717, 1.165) is 38.5 Å². The largest absolute Gasteiger partial charge is 0.300 e. The van der Waals surface area contributed by atoms with Crippen LogP contribution in [-0.4, -0.2) is 78.5 Å². The molecule has 0 aromatic heterocycles. The van der Waals surface area contributed by atoms with Crippen LogP contribution in [0.5, 0.6) is 0 Å². The molecule has 1 aromatic carbocycles. The topological polar surface area (TPSA) is 47.1 Å². The number of ketones is 1. The van der Waals surface area contributed by atoms with E-state index in [1.165, 1.54) is 25.8 Å². The minimum atomic E-state index is -0.393. The van der Waals surface area contributed by atoms with Gasteiger partial charge in [0.2, 0.25) is 0 Å². The molecule has 3 aliphatic rings. The highest BCUT2D eigenvalue weighted by Crippen LogP contribution is 2.28. The number of anilines is 1. The molecule has 0 radical (unpaired) electrons. The van der Waals surface area contributed by atoms with Crippen molar-refractivity contribution in [3.8, 4) is 0 Å². The number of amides is 1. The summed E-state index contributed by atoms with van der Waals surface area (Å²) >= 11 is 0. The SMILES string of the molecule is CC1CCCCN1CN1CCN(CN2C(=O)C(=O)c3ccccc32)CC1. The number of hydrogen-bond acceptors (Lipinski definition) is 5. The predicted molar refractivity (Wildman–Crippen MR) is 101 cm³/mol. The van der Waals surface area contributed by atoms with E-state index in [2.05, 4.69) is 21.6 Å². The van der Waals surface area contributed by atoms with Crippen LogP contribution in [0.1, 0.15) is 36.5 Å². The van der Waals surface area contributed by atoms with E-state index in [1.807, 2.05) is 18.2 Å². The second-order valence-electron chi connectivity index (χ2n) is 7.76. The summed E-state index contributed by atoms with van der Waals surface area (Å²) in [6.07, 6.45) is 3.98. The lowest BCUT2D eigenvalue weighted by Crippen LogP contribution is -2.54. The Morgan fingerprint density at radius 2 is 1.62 bits per heavy atom. The first-order valence-corrected chi connectivity index (χ1v) is 9.77. The van der Waals surface area contributed by atoms with E-state index in [-0.39, 0.29) is 5.78 Å². The summed E-state index contributed by atoms with van der Waals surface area (Å²) in [6.45, 7) is 9.01. The molecule has 140 valence electrons. The van der Waals surface area contributed by atoms with E-state index in [4.69, 9.17) is 0 Å². The molecule has 2 fully saturated rings. The molecule has 26 heavy (non-hydrogen) atoms. The molecule has 6 nitrogen and oxygen atoms in total. The van der Waals surface area contributed by atoms with Crippen LogP contribution in [0.3, 0.4) is 0 Å². The maximum Gasteiger partial charge on any atom is 0.300 e. The summed E-state index contributed by atoms with van der Waals surface area (Å²) in [5.74, 6) is -0.769. The van der Waals surface area contributed by atoms with Crippen molar-refractivity contribution in [3.63, 3.8) is 0 Å². The highest BCUT2D eigenvalue weighted by atomic mass is 16.2. The van der Waals surface area contributed by atoms with Crippen molar-refractivity contribution in [1.82, 2.24) is 14.7 Å². The number of piperazine rings is 1. The molecule has 1 unspecified atom stereocenters. The zero-order valence-electron chi connectivity index (χ0n) is 15.6. The quantitative estimate of drug-likeness (QED) is 0.768. The first kappa shape index (κ1) is 17.6. The van der Waals surface area contributed by atoms with Gasteiger partial charge in [-0.3, -0.25) is 29.2 Å². The molecule has 1 amide bonds. The third-order valence-corrected chi connectivity index (χ3v) is 6.01. The second-order valence-corrected chi connectivity index (χ2v) is 7.76. The van der Waals surface area contributed by atoms with E-state index in [1.54, 1.807) is 11.0 Å². The van der Waals surface area contributed by atoms with Gasteiger partial charge < -0.3 is 0 Å². The highest BCUT2D eigenvalue weighted by Gasteiger charge is 2.36. The van der Waals surface area contributed by atoms with E-state index >= 15 is 0 Å². The average molecular weight is 356 g/mol. The van der Waals surface area contributed by atoms with Gasteiger partial charge in [0, 0.05) is 32.2 Å². The van der Waals surface area contributed by atoms with Gasteiger partial charge in [0.05, 0.1) is 24.6 Å². The molecular weight excluding hydrogens is 328 g/mol. The van der Waals surface area contributed by atoms with Crippen molar-refractivity contribution in [2.45, 2.75) is 32.2 Å². The summed E-state index contributed by atoms with van der Waals surface area (Å²) in [6, 6.07) is 7.99. The standard InChI is InChI=1S/C20H28N4O2/c1-16-6-4-5-9-23(16)14-21-10-12-22(13-11-21)15-24-18-8-3-2-7-17(18)19(25)20(24)26/h2-3,7-8,16H,4-6,9-15H2,1H3. The zero-order chi connectivity index (χ0) is 18.1. The predicted octanol–water partition coefficient (Wildman–Crippen LogP) is 1.62. The van der Waals surface area contributed by atoms with Gasteiger partial charge in [0.15, 0.2) is 0 Å². The highest BCUT2D eigenvalue weighted by molar-refractivity contribution is 6.52. The van der Waals surface area contributed by atoms with Crippen molar-refractivity contribution in [3.05, 3.63) is 29.8 Å². The average Bonchev–Trinajstić information content (AvgIpc) is 2.90. The minimum absolute atomic E-state index is 0.377. The van der Waals surface area contributed by atoms with Crippen molar-refractivity contribution >= 4 is 17.4 Å². The normalized spacial score (nSPS) is 25.7. The van der Waals surface area contributed by atoms with E-state index in [0.29, 0.717) is 18.3 Å². The Labute approximate surface area is 155 Å². The van der Waals surface area contributed by atoms with Crippen molar-refractivity contribution in [1.29, 1.82) is 0 Å². The Balaban J connectivity index is 1.32. The Morgan fingerprint density at radius 1 is 0.923 bits per heavy atom. The molecule has 1 atom stereocenters. The summed E-state index contributed by atoms with van der Waals surface area (Å²) in [5, 5.41) is 0. The maximum absolute atomic E-state index is 12.3. The number of nitrogens with zero attached hydrogens (tertiary/aromatic N) is 4. The van der Waals surface area contributed by atoms with Gasteiger partial charge >= 0.3 is 5.91 Å². The number of Topliss-reactive ketones (excluding diaryl/α,β-unsaturated/α-hetero) is 1. The molecule has 4 rings (SSSR count). The molecule has 0 spiro atoms. The number of benzene rings is 1. The molecule has 3 heterocycles. The zero-order valence-corrected chi connectivity index (χ0v) is 15.6. The summed E-state index contributed by atoms with van der Waals surface area (Å²) in [7, 11) is 0. The summed E-state index contributed by atoms with van der Waals surface area (Å²) in [5.41, 5.74) is 1.29. The van der Waals surface area contributed by atoms with Crippen LogP contribution in [0, 0.1) is 0 Å². The van der Waals surface area contributed by atoms with Crippen molar-refractivity contribution in [2.24, 2.45) is 0 Å². The minimum Gasteiger partial charge on any atom is -0.291 e. The summed E-state index contributed by atoms with van der Waals surface area (Å²) in [4.78, 5) is 33.5. The first-order chi connectivity index (χ1) is 12.6. The Kier molecular flexibility index (Phi) is 5.07. The third kappa shape index (κ3) is 3.41. The lowest BCUT2D eigenvalue weighted by atomic mass is 10.0. The number of rotatable bonds is 4. The van der Waals surface area contributed by atoms with Gasteiger partial charge in [-0.2, -0.15) is 0 Å². The molecule has 0 bridgehead atoms. The fourth-order valence-corrected chi connectivity index (χ4v) is 4.29. The Morgan fingerprint density at radius 3 is 2.35 bits per heavy atom. The van der Waals surface area contributed by atoms with Gasteiger partial charge in [0.1, 0.15) is 0 Å². The molecule has 0 saturated carbocycles. The fourth-order valence-electron chi connectivity index (χ4n) is 4.29. The van der Waals surface area contributed by atoms with E-state index in [9.17, 15) is 9.59 Å². The number of fused-ring (bicyclic) bond motifs is 1. The van der Waals surface area contributed by atoms with Crippen LogP contribution in [0.15, 0.2) is 24.3 Å². The molecule has 3 aliphatic heterocycles. The van der Waals surface area contributed by atoms with Crippen molar-refractivity contribution in [2.75, 3.05) is 51.0 Å². The van der Waals surface area contributed by atoms with Gasteiger partial charge in [-0.25, -0.2) is 0 Å². The number of piperidine rings is 1. The lowest BCUT2D eigenvalue weighted by molar-refractivity contribution is -0.114. The number of carbonyl (C=O) groups is 2. The molecule has 0 aliphatic carbocycles. The van der Waals surface area contributed by atoms with Gasteiger partial charge in [-0.05, 0) is 38.4 Å². The van der Waals surface area contributed by atoms with E-state index < -0.39 is 5.91 Å². The fraction of sp³-hybridized carbons (Fsp3) is 0.600. The Bertz CT molecular complexity index is 684. The Hall–Kier alpha value is -1.76. The lowest BCUT2D eigenvalue weighted by Gasteiger charge is -2.41. The van der Waals surface area contributed by atoms with Crippen LogP contribution < -0.4 is 4.90 Å². The molecular formula is C20H28N4O2. The van der Waals surface area contributed by atoms with Gasteiger partial charge in [0.25, 0.3) is 5.78 Å². The van der Waals surface area contributed by atoms with Crippen LogP contribution >= 0.6 is 0 Å². The summed E-state index contributed by atoms with van der Waals surface area (Å²) < 4.78 is 0. The smallest absolute Gasteiger partial charge is 0.291 e.